The molecule has 2 aromatic rings. The first-order valence-electron chi connectivity index (χ1n) is 8.04. The van der Waals surface area contributed by atoms with Gasteiger partial charge in [-0.15, -0.1) is 0 Å². The van der Waals surface area contributed by atoms with E-state index in [1.54, 1.807) is 19.1 Å². The van der Waals surface area contributed by atoms with Crippen molar-refractivity contribution in [3.8, 4) is 0 Å². The highest BCUT2D eigenvalue weighted by Gasteiger charge is 2.25. The van der Waals surface area contributed by atoms with Crippen molar-refractivity contribution in [1.82, 2.24) is 5.43 Å². The van der Waals surface area contributed by atoms with Crippen molar-refractivity contribution in [2.75, 3.05) is 5.32 Å². The van der Waals surface area contributed by atoms with Gasteiger partial charge in [-0.05, 0) is 65.5 Å². The number of hydrogen-bond acceptors (Lipinski definition) is 4. The third-order valence-electron chi connectivity index (χ3n) is 4.17. The Kier molecular flexibility index (Phi) is 5.33. The Balaban J connectivity index is 1.58. The Labute approximate surface area is 153 Å². The second-order valence-corrected chi connectivity index (χ2v) is 6.72. The predicted molar refractivity (Wildman–Crippen MR) is 98.5 cm³/mol. The predicted octanol–water partition coefficient (Wildman–Crippen LogP) is 3.93. The lowest BCUT2D eigenvalue weighted by Gasteiger charge is -2.24. The van der Waals surface area contributed by atoms with Gasteiger partial charge in [0, 0.05) is 11.6 Å². The third-order valence-corrected chi connectivity index (χ3v) is 4.59. The van der Waals surface area contributed by atoms with Crippen molar-refractivity contribution in [1.29, 1.82) is 0 Å². The van der Waals surface area contributed by atoms with Crippen molar-refractivity contribution in [2.45, 2.75) is 26.2 Å². The van der Waals surface area contributed by atoms with Crippen LogP contribution in [-0.4, -0.2) is 17.5 Å². The van der Waals surface area contributed by atoms with E-state index in [1.807, 2.05) is 24.3 Å². The maximum atomic E-state index is 11.9. The van der Waals surface area contributed by atoms with E-state index in [0.29, 0.717) is 10.4 Å². The van der Waals surface area contributed by atoms with Crippen molar-refractivity contribution in [2.24, 2.45) is 11.0 Å². The summed E-state index contributed by atoms with van der Waals surface area (Å²) < 4.78 is 5.65. The molecule has 2 N–H and O–H groups in total. The molecule has 0 spiro atoms. The smallest absolute Gasteiger partial charge is 0.307 e. The molecule has 0 saturated heterocycles. The van der Waals surface area contributed by atoms with Gasteiger partial charge in [-0.3, -0.25) is 9.59 Å². The third kappa shape index (κ3) is 4.36. The normalized spacial score (nSPS) is 14.7. The molecule has 6 nitrogen and oxygen atoms in total. The first-order valence-corrected chi connectivity index (χ1v) is 8.83. The summed E-state index contributed by atoms with van der Waals surface area (Å²) in [6.07, 6.45) is 3.08. The highest BCUT2D eigenvalue weighted by atomic mass is 79.9. The Hall–Kier alpha value is -2.41. The second kappa shape index (κ2) is 7.65. The number of hydrazone groups is 1. The number of rotatable bonds is 5. The zero-order valence-corrected chi connectivity index (χ0v) is 15.3. The van der Waals surface area contributed by atoms with E-state index in [1.165, 1.54) is 0 Å². The van der Waals surface area contributed by atoms with E-state index in [0.717, 1.165) is 30.5 Å². The maximum Gasteiger partial charge on any atom is 0.307 e. The molecule has 1 aromatic heterocycles. The van der Waals surface area contributed by atoms with Crippen molar-refractivity contribution in [3.63, 3.8) is 0 Å². The number of carbonyl (C=O) groups is 2. The fourth-order valence-corrected chi connectivity index (χ4v) is 2.71. The summed E-state index contributed by atoms with van der Waals surface area (Å²) in [4.78, 5) is 23.8. The van der Waals surface area contributed by atoms with Gasteiger partial charge in [0.05, 0.1) is 5.71 Å². The van der Waals surface area contributed by atoms with Crippen molar-refractivity contribution >= 4 is 39.1 Å². The summed E-state index contributed by atoms with van der Waals surface area (Å²) >= 11 is 3.15. The fraction of sp³-hybridized carbons (Fsp3) is 0.278. The molecule has 0 aliphatic heterocycles. The minimum absolute atomic E-state index is 0.0845. The van der Waals surface area contributed by atoms with Crippen LogP contribution in [0.4, 0.5) is 5.69 Å². The minimum atomic E-state index is -0.422. The Morgan fingerprint density at radius 2 is 1.88 bits per heavy atom. The number of halogens is 1. The zero-order valence-electron chi connectivity index (χ0n) is 13.7. The molecule has 130 valence electrons. The largest absolute Gasteiger partial charge is 0.444 e. The van der Waals surface area contributed by atoms with Crippen LogP contribution in [0.1, 0.15) is 42.3 Å². The minimum Gasteiger partial charge on any atom is -0.444 e. The second-order valence-electron chi connectivity index (χ2n) is 5.94. The molecule has 1 heterocycles. The number of anilines is 1. The molecule has 1 aliphatic rings. The molecule has 2 amide bonds. The molecular weight excluding hydrogens is 386 g/mol. The molecular formula is C18H18BrN3O3. The standard InChI is InChI=1S/C18H18BrN3O3/c1-11(21-22-18(24)15-9-10-16(19)25-15)12-5-7-14(8-6-12)20-17(23)13-3-2-4-13/h5-10,13H,2-4H2,1H3,(H,20,23)(H,22,24)/b21-11+. The van der Waals surface area contributed by atoms with Crippen LogP contribution in [-0.2, 0) is 4.79 Å². The average Bonchev–Trinajstić information content (AvgIpc) is 2.98. The first kappa shape index (κ1) is 17.4. The van der Waals surface area contributed by atoms with Crippen LogP contribution in [0.2, 0.25) is 0 Å². The van der Waals surface area contributed by atoms with Gasteiger partial charge in [-0.2, -0.15) is 5.10 Å². The fourth-order valence-electron chi connectivity index (χ4n) is 2.40. The van der Waals surface area contributed by atoms with Gasteiger partial charge in [0.15, 0.2) is 10.4 Å². The van der Waals surface area contributed by atoms with Gasteiger partial charge < -0.3 is 9.73 Å². The lowest BCUT2D eigenvalue weighted by Crippen LogP contribution is -2.28. The zero-order chi connectivity index (χ0) is 17.8. The van der Waals surface area contributed by atoms with E-state index >= 15 is 0 Å². The van der Waals surface area contributed by atoms with E-state index in [2.05, 4.69) is 31.8 Å². The van der Waals surface area contributed by atoms with Crippen LogP contribution in [0, 0.1) is 5.92 Å². The van der Waals surface area contributed by atoms with Gasteiger partial charge in [0.2, 0.25) is 5.91 Å². The van der Waals surface area contributed by atoms with Crippen LogP contribution in [0.3, 0.4) is 0 Å². The number of benzene rings is 1. The number of amides is 2. The number of furan rings is 1. The quantitative estimate of drug-likeness (QED) is 0.585. The summed E-state index contributed by atoms with van der Waals surface area (Å²) in [5.74, 6) is -0.00648. The maximum absolute atomic E-state index is 11.9. The summed E-state index contributed by atoms with van der Waals surface area (Å²) in [6, 6.07) is 10.6. The number of nitrogens with one attached hydrogen (secondary N) is 2. The van der Waals surface area contributed by atoms with E-state index < -0.39 is 5.91 Å². The molecule has 0 bridgehead atoms. The highest BCUT2D eigenvalue weighted by molar-refractivity contribution is 9.10. The Bertz CT molecular complexity index is 807. The molecule has 0 unspecified atom stereocenters. The summed E-state index contributed by atoms with van der Waals surface area (Å²) in [6.45, 7) is 1.79. The number of nitrogens with zero attached hydrogens (tertiary/aromatic N) is 1. The Morgan fingerprint density at radius 1 is 1.16 bits per heavy atom. The molecule has 1 saturated carbocycles. The SMILES string of the molecule is C/C(=N\NC(=O)c1ccc(Br)o1)c1ccc(NC(=O)C2CCC2)cc1. The number of carbonyl (C=O) groups excluding carboxylic acids is 2. The summed E-state index contributed by atoms with van der Waals surface area (Å²) in [5, 5.41) is 6.99. The monoisotopic (exact) mass is 403 g/mol. The van der Waals surface area contributed by atoms with E-state index in [4.69, 9.17) is 4.42 Å². The Morgan fingerprint density at radius 3 is 2.44 bits per heavy atom. The van der Waals surface area contributed by atoms with Crippen LogP contribution < -0.4 is 10.7 Å². The van der Waals surface area contributed by atoms with Crippen molar-refractivity contribution < 1.29 is 14.0 Å². The van der Waals surface area contributed by atoms with Crippen LogP contribution in [0.25, 0.3) is 0 Å². The van der Waals surface area contributed by atoms with E-state index in [9.17, 15) is 9.59 Å². The molecule has 3 rings (SSSR count). The van der Waals surface area contributed by atoms with Crippen LogP contribution in [0.15, 0.2) is 50.6 Å². The lowest BCUT2D eigenvalue weighted by molar-refractivity contribution is -0.122. The molecule has 1 aliphatic carbocycles. The average molecular weight is 404 g/mol. The molecule has 0 atom stereocenters. The highest BCUT2D eigenvalue weighted by Crippen LogP contribution is 2.27. The van der Waals surface area contributed by atoms with E-state index in [-0.39, 0.29) is 17.6 Å². The molecule has 0 radical (unpaired) electrons. The number of hydrogen-bond donors (Lipinski definition) is 2. The summed E-state index contributed by atoms with van der Waals surface area (Å²) in [5.41, 5.74) is 4.71. The molecule has 7 heteroatoms. The van der Waals surface area contributed by atoms with Gasteiger partial charge in [-0.1, -0.05) is 18.6 Å². The van der Waals surface area contributed by atoms with Gasteiger partial charge in [0.1, 0.15) is 0 Å². The van der Waals surface area contributed by atoms with Crippen LogP contribution >= 0.6 is 15.9 Å². The first-order chi connectivity index (χ1) is 12.0. The van der Waals surface area contributed by atoms with Crippen LogP contribution in [0.5, 0.6) is 0 Å². The molecule has 25 heavy (non-hydrogen) atoms. The van der Waals surface area contributed by atoms with Gasteiger partial charge in [-0.25, -0.2) is 5.43 Å². The lowest BCUT2D eigenvalue weighted by atomic mass is 9.85. The summed E-state index contributed by atoms with van der Waals surface area (Å²) in [7, 11) is 0. The topological polar surface area (TPSA) is 83.7 Å². The van der Waals surface area contributed by atoms with Gasteiger partial charge >= 0.3 is 5.91 Å². The molecule has 1 aromatic carbocycles. The van der Waals surface area contributed by atoms with Crippen molar-refractivity contribution in [3.05, 3.63) is 52.4 Å². The van der Waals surface area contributed by atoms with Gasteiger partial charge in [0.25, 0.3) is 0 Å². The molecule has 1 fully saturated rings.